The highest BCUT2D eigenvalue weighted by atomic mass is 16.5. The Morgan fingerprint density at radius 3 is 1.37 bits per heavy atom. The lowest BCUT2D eigenvalue weighted by atomic mass is 10.3. The Bertz CT molecular complexity index is 447. The van der Waals surface area contributed by atoms with Gasteiger partial charge in [-0.05, 0) is 48.5 Å². The molecule has 0 unspecified atom stereocenters. The van der Waals surface area contributed by atoms with Crippen LogP contribution in [0.4, 0.5) is 11.4 Å². The monoisotopic (exact) mass is 258 g/mol. The number of anilines is 2. The Labute approximate surface area is 113 Å². The van der Waals surface area contributed by atoms with Gasteiger partial charge in [0.05, 0.1) is 20.9 Å². The van der Waals surface area contributed by atoms with Crippen molar-refractivity contribution in [2.45, 2.75) is 0 Å². The molecular weight excluding hydrogens is 240 g/mol. The van der Waals surface area contributed by atoms with Crippen molar-refractivity contribution in [1.82, 2.24) is 0 Å². The number of rotatable bonds is 6. The van der Waals surface area contributed by atoms with Crippen molar-refractivity contribution in [2.24, 2.45) is 0 Å². The van der Waals surface area contributed by atoms with Crippen LogP contribution in [0.1, 0.15) is 0 Å². The van der Waals surface area contributed by atoms with E-state index in [1.165, 1.54) is 0 Å². The quantitative estimate of drug-likeness (QED) is 0.781. The van der Waals surface area contributed by atoms with E-state index in [0.29, 0.717) is 6.67 Å². The predicted molar refractivity (Wildman–Crippen MR) is 78.1 cm³/mol. The van der Waals surface area contributed by atoms with E-state index in [1.807, 2.05) is 48.5 Å². The summed E-state index contributed by atoms with van der Waals surface area (Å²) >= 11 is 0. The van der Waals surface area contributed by atoms with E-state index in [2.05, 4.69) is 10.6 Å². The lowest BCUT2D eigenvalue weighted by molar-refractivity contribution is 0.415. The van der Waals surface area contributed by atoms with Gasteiger partial charge in [0.15, 0.2) is 0 Å². The van der Waals surface area contributed by atoms with Gasteiger partial charge in [0, 0.05) is 11.4 Å². The molecule has 0 aromatic heterocycles. The summed E-state index contributed by atoms with van der Waals surface area (Å²) in [5, 5.41) is 6.55. The number of methoxy groups -OCH3 is 2. The Hall–Kier alpha value is -2.36. The molecule has 0 aliphatic rings. The van der Waals surface area contributed by atoms with Crippen LogP contribution in [0.15, 0.2) is 48.5 Å². The lowest BCUT2D eigenvalue weighted by Gasteiger charge is -2.10. The average molecular weight is 258 g/mol. The van der Waals surface area contributed by atoms with Crippen molar-refractivity contribution in [3.05, 3.63) is 48.5 Å². The largest absolute Gasteiger partial charge is 0.497 e. The zero-order chi connectivity index (χ0) is 13.5. The average Bonchev–Trinajstić information content (AvgIpc) is 2.49. The van der Waals surface area contributed by atoms with Gasteiger partial charge in [-0.2, -0.15) is 0 Å². The number of hydrogen-bond donors (Lipinski definition) is 2. The summed E-state index contributed by atoms with van der Waals surface area (Å²) in [5.41, 5.74) is 2.09. The molecule has 4 nitrogen and oxygen atoms in total. The van der Waals surface area contributed by atoms with Crippen LogP contribution >= 0.6 is 0 Å². The van der Waals surface area contributed by atoms with Gasteiger partial charge in [0.1, 0.15) is 11.5 Å². The molecule has 0 amide bonds. The number of hydrogen-bond acceptors (Lipinski definition) is 4. The van der Waals surface area contributed by atoms with Gasteiger partial charge in [0.2, 0.25) is 0 Å². The van der Waals surface area contributed by atoms with Crippen molar-refractivity contribution in [3.63, 3.8) is 0 Å². The van der Waals surface area contributed by atoms with Crippen LogP contribution in [-0.2, 0) is 0 Å². The normalized spacial score (nSPS) is 9.79. The Kier molecular flexibility index (Phi) is 4.50. The van der Waals surface area contributed by atoms with Crippen LogP contribution in [-0.4, -0.2) is 20.9 Å². The standard InChI is InChI=1S/C15H18N2O2/c1-18-14-7-3-12(4-8-14)16-11-17-13-5-9-15(19-2)10-6-13/h3-10,16-17H,11H2,1-2H3. The highest BCUT2D eigenvalue weighted by Crippen LogP contribution is 2.16. The fraction of sp³-hybridized carbons (Fsp3) is 0.200. The van der Waals surface area contributed by atoms with Gasteiger partial charge in [-0.25, -0.2) is 0 Å². The highest BCUT2D eigenvalue weighted by Gasteiger charge is 1.95. The molecule has 0 fully saturated rings. The van der Waals surface area contributed by atoms with E-state index in [-0.39, 0.29) is 0 Å². The Morgan fingerprint density at radius 2 is 1.05 bits per heavy atom. The van der Waals surface area contributed by atoms with E-state index in [4.69, 9.17) is 9.47 Å². The van der Waals surface area contributed by atoms with E-state index < -0.39 is 0 Å². The van der Waals surface area contributed by atoms with Crippen molar-refractivity contribution >= 4 is 11.4 Å². The Balaban J connectivity index is 1.81. The molecule has 0 atom stereocenters. The van der Waals surface area contributed by atoms with Crippen LogP contribution < -0.4 is 20.1 Å². The van der Waals surface area contributed by atoms with Crippen molar-refractivity contribution < 1.29 is 9.47 Å². The summed E-state index contributed by atoms with van der Waals surface area (Å²) in [7, 11) is 3.32. The molecule has 0 aliphatic heterocycles. The SMILES string of the molecule is COc1ccc(NCNc2ccc(OC)cc2)cc1. The van der Waals surface area contributed by atoms with Gasteiger partial charge in [-0.15, -0.1) is 0 Å². The second-order valence-electron chi connectivity index (χ2n) is 3.99. The molecule has 4 heteroatoms. The smallest absolute Gasteiger partial charge is 0.119 e. The molecule has 0 radical (unpaired) electrons. The summed E-state index contributed by atoms with van der Waals surface area (Å²) in [6.07, 6.45) is 0. The summed E-state index contributed by atoms with van der Waals surface area (Å²) in [5.74, 6) is 1.71. The van der Waals surface area contributed by atoms with E-state index in [1.54, 1.807) is 14.2 Å². The Morgan fingerprint density at radius 1 is 0.684 bits per heavy atom. The molecule has 0 saturated heterocycles. The van der Waals surface area contributed by atoms with Gasteiger partial charge >= 0.3 is 0 Å². The molecule has 2 rings (SSSR count). The summed E-state index contributed by atoms with van der Waals surface area (Å²) < 4.78 is 10.2. The molecule has 0 aliphatic carbocycles. The molecule has 2 aromatic rings. The third-order valence-corrected chi connectivity index (χ3v) is 2.77. The highest BCUT2D eigenvalue weighted by molar-refractivity contribution is 5.50. The first-order valence-electron chi connectivity index (χ1n) is 6.07. The maximum atomic E-state index is 5.11. The van der Waals surface area contributed by atoms with E-state index in [9.17, 15) is 0 Å². The van der Waals surface area contributed by atoms with Gasteiger partial charge < -0.3 is 20.1 Å². The molecule has 2 aromatic carbocycles. The second-order valence-corrected chi connectivity index (χ2v) is 3.99. The maximum absolute atomic E-state index is 5.11. The first-order chi connectivity index (χ1) is 9.31. The minimum atomic E-state index is 0.651. The number of benzene rings is 2. The topological polar surface area (TPSA) is 42.5 Å². The molecule has 0 saturated carbocycles. The van der Waals surface area contributed by atoms with Crippen molar-refractivity contribution in [1.29, 1.82) is 0 Å². The summed E-state index contributed by atoms with van der Waals surface area (Å²) in [6.45, 7) is 0.651. The van der Waals surface area contributed by atoms with Gasteiger partial charge in [0.25, 0.3) is 0 Å². The van der Waals surface area contributed by atoms with Crippen LogP contribution in [0.2, 0.25) is 0 Å². The van der Waals surface area contributed by atoms with Crippen LogP contribution in [0.25, 0.3) is 0 Å². The first kappa shape index (κ1) is 13.1. The predicted octanol–water partition coefficient (Wildman–Crippen LogP) is 3.19. The minimum absolute atomic E-state index is 0.651. The molecule has 2 N–H and O–H groups in total. The fourth-order valence-corrected chi connectivity index (χ4v) is 1.67. The molecule has 0 spiro atoms. The zero-order valence-electron chi connectivity index (χ0n) is 11.1. The van der Waals surface area contributed by atoms with E-state index >= 15 is 0 Å². The minimum Gasteiger partial charge on any atom is -0.497 e. The molecule has 0 bridgehead atoms. The molecule has 0 heterocycles. The van der Waals surface area contributed by atoms with Gasteiger partial charge in [-0.3, -0.25) is 0 Å². The third kappa shape index (κ3) is 3.81. The summed E-state index contributed by atoms with van der Waals surface area (Å²) in [6, 6.07) is 15.6. The second kappa shape index (κ2) is 6.54. The molecule has 100 valence electrons. The zero-order valence-corrected chi connectivity index (χ0v) is 11.1. The third-order valence-electron chi connectivity index (χ3n) is 2.77. The molecular formula is C15H18N2O2. The molecule has 19 heavy (non-hydrogen) atoms. The van der Waals surface area contributed by atoms with E-state index in [0.717, 1.165) is 22.9 Å². The number of nitrogens with one attached hydrogen (secondary N) is 2. The first-order valence-corrected chi connectivity index (χ1v) is 6.07. The van der Waals surface area contributed by atoms with Crippen LogP contribution in [0, 0.1) is 0 Å². The fourth-order valence-electron chi connectivity index (χ4n) is 1.67. The van der Waals surface area contributed by atoms with Crippen LogP contribution in [0.5, 0.6) is 11.5 Å². The van der Waals surface area contributed by atoms with Gasteiger partial charge in [-0.1, -0.05) is 0 Å². The van der Waals surface area contributed by atoms with Crippen molar-refractivity contribution in [3.8, 4) is 11.5 Å². The van der Waals surface area contributed by atoms with Crippen molar-refractivity contribution in [2.75, 3.05) is 31.5 Å². The summed E-state index contributed by atoms with van der Waals surface area (Å²) in [4.78, 5) is 0. The van der Waals surface area contributed by atoms with Crippen LogP contribution in [0.3, 0.4) is 0 Å². The number of ether oxygens (including phenoxy) is 2. The lowest BCUT2D eigenvalue weighted by Crippen LogP contribution is -2.11. The maximum Gasteiger partial charge on any atom is 0.119 e.